The van der Waals surface area contributed by atoms with E-state index < -0.39 is 0 Å². The largest absolute Gasteiger partial charge is 0.493 e. The third-order valence-electron chi connectivity index (χ3n) is 4.68. The Labute approximate surface area is 155 Å². The minimum absolute atomic E-state index is 0.458. The van der Waals surface area contributed by atoms with E-state index in [2.05, 4.69) is 5.18 Å². The number of carbonyl (C=O) groups is 1. The average molecular weight is 355 g/mol. The van der Waals surface area contributed by atoms with Crippen molar-refractivity contribution in [2.45, 2.75) is 64.2 Å². The van der Waals surface area contributed by atoms with E-state index in [-0.39, 0.29) is 0 Å². The molecule has 0 radical (unpaired) electrons. The Morgan fingerprint density at radius 1 is 0.769 bits per heavy atom. The normalized spacial score (nSPS) is 10.8. The van der Waals surface area contributed by atoms with Gasteiger partial charge in [0.15, 0.2) is 0 Å². The molecule has 0 unspecified atom stereocenters. The van der Waals surface area contributed by atoms with E-state index in [0.29, 0.717) is 18.7 Å². The molecule has 0 atom stereocenters. The second kappa shape index (κ2) is 12.2. The molecule has 0 aromatic heterocycles. The highest BCUT2D eigenvalue weighted by atomic mass is 16.5. The summed E-state index contributed by atoms with van der Waals surface area (Å²) in [4.78, 5) is 21.1. The van der Waals surface area contributed by atoms with Gasteiger partial charge in [-0.05, 0) is 30.2 Å². The Bertz CT molecular complexity index is 684. The summed E-state index contributed by atoms with van der Waals surface area (Å²) in [5.74, 6) is 0.823. The lowest BCUT2D eigenvalue weighted by molar-refractivity contribution is -0.107. The zero-order valence-electron chi connectivity index (χ0n) is 15.5. The van der Waals surface area contributed by atoms with Crippen LogP contribution in [0.1, 0.15) is 64.2 Å². The van der Waals surface area contributed by atoms with Crippen LogP contribution in [0.2, 0.25) is 0 Å². The van der Waals surface area contributed by atoms with Crippen LogP contribution in [-0.4, -0.2) is 12.9 Å². The van der Waals surface area contributed by atoms with Crippen LogP contribution >= 0.6 is 0 Å². The van der Waals surface area contributed by atoms with Crippen LogP contribution in [0, 0.1) is 4.91 Å². The van der Waals surface area contributed by atoms with Crippen molar-refractivity contribution in [3.05, 3.63) is 41.3 Å². The van der Waals surface area contributed by atoms with Crippen molar-refractivity contribution in [1.82, 2.24) is 0 Å². The zero-order valence-corrected chi connectivity index (χ0v) is 15.5. The van der Waals surface area contributed by atoms with Crippen molar-refractivity contribution >= 4 is 22.7 Å². The summed E-state index contributed by atoms with van der Waals surface area (Å²) in [6, 6.07) is 11.3. The first kappa shape index (κ1) is 20.1. The van der Waals surface area contributed by atoms with Crippen LogP contribution < -0.4 is 4.74 Å². The summed E-state index contributed by atoms with van der Waals surface area (Å²) in [5.41, 5.74) is 0.458. The molecule has 2 rings (SSSR count). The van der Waals surface area contributed by atoms with Gasteiger partial charge in [-0.15, -0.1) is 4.91 Å². The Hall–Kier alpha value is -2.23. The van der Waals surface area contributed by atoms with Crippen LogP contribution in [0.4, 0.5) is 5.69 Å². The number of unbranched alkanes of at least 4 members (excludes halogenated alkanes) is 9. The van der Waals surface area contributed by atoms with Crippen LogP contribution in [0.3, 0.4) is 0 Å². The fourth-order valence-corrected chi connectivity index (χ4v) is 3.21. The predicted molar refractivity (Wildman–Crippen MR) is 107 cm³/mol. The molecule has 0 spiro atoms. The quantitative estimate of drug-likeness (QED) is 0.215. The van der Waals surface area contributed by atoms with Crippen molar-refractivity contribution < 1.29 is 9.53 Å². The lowest BCUT2D eigenvalue weighted by Gasteiger charge is -2.10. The SMILES string of the molecule is O=CCCCCCCCCCCCOc1ccc(N=O)c2ccccc12. The van der Waals surface area contributed by atoms with Gasteiger partial charge < -0.3 is 9.53 Å². The molecule has 0 N–H and O–H groups in total. The summed E-state index contributed by atoms with van der Waals surface area (Å²) in [5, 5.41) is 4.87. The predicted octanol–water partition coefficient (Wildman–Crippen LogP) is 6.72. The number of aldehydes is 1. The van der Waals surface area contributed by atoms with Gasteiger partial charge in [-0.3, -0.25) is 0 Å². The van der Waals surface area contributed by atoms with Gasteiger partial charge in [0, 0.05) is 17.2 Å². The van der Waals surface area contributed by atoms with Gasteiger partial charge in [-0.25, -0.2) is 0 Å². The fraction of sp³-hybridized carbons (Fsp3) is 0.500. The molecule has 0 fully saturated rings. The van der Waals surface area contributed by atoms with E-state index in [4.69, 9.17) is 4.74 Å². The summed E-state index contributed by atoms with van der Waals surface area (Å²) in [6.07, 6.45) is 12.5. The summed E-state index contributed by atoms with van der Waals surface area (Å²) >= 11 is 0. The molecule has 0 heterocycles. The second-order valence-corrected chi connectivity index (χ2v) is 6.71. The molecule has 0 amide bonds. The van der Waals surface area contributed by atoms with Gasteiger partial charge in [0.1, 0.15) is 17.7 Å². The molecule has 0 aliphatic heterocycles. The molecule has 140 valence electrons. The average Bonchev–Trinajstić information content (AvgIpc) is 2.68. The molecule has 4 heteroatoms. The van der Waals surface area contributed by atoms with Gasteiger partial charge in [-0.1, -0.05) is 69.2 Å². The molecular formula is C22H29NO3. The highest BCUT2D eigenvalue weighted by Gasteiger charge is 2.06. The zero-order chi connectivity index (χ0) is 18.5. The molecule has 0 saturated heterocycles. The van der Waals surface area contributed by atoms with E-state index in [0.717, 1.165) is 35.6 Å². The third-order valence-corrected chi connectivity index (χ3v) is 4.68. The standard InChI is InChI=1S/C22H29NO3/c24-17-11-7-5-3-1-2-4-6-8-12-18-26-22-16-15-21(23-25)19-13-9-10-14-20(19)22/h9-10,13-17H,1-8,11-12,18H2. The number of hydrogen-bond donors (Lipinski definition) is 0. The minimum Gasteiger partial charge on any atom is -0.493 e. The smallest absolute Gasteiger partial charge is 0.127 e. The van der Waals surface area contributed by atoms with Crippen LogP contribution in [0.5, 0.6) is 5.75 Å². The van der Waals surface area contributed by atoms with Gasteiger partial charge in [-0.2, -0.15) is 0 Å². The number of rotatable bonds is 14. The van der Waals surface area contributed by atoms with E-state index in [1.807, 2.05) is 30.3 Å². The van der Waals surface area contributed by atoms with E-state index in [9.17, 15) is 9.70 Å². The lowest BCUT2D eigenvalue weighted by atomic mass is 10.1. The highest BCUT2D eigenvalue weighted by Crippen LogP contribution is 2.33. The van der Waals surface area contributed by atoms with Crippen LogP contribution in [0.15, 0.2) is 41.6 Å². The second-order valence-electron chi connectivity index (χ2n) is 6.71. The molecule has 2 aromatic carbocycles. The van der Waals surface area contributed by atoms with Crippen molar-refractivity contribution in [1.29, 1.82) is 0 Å². The number of nitroso groups, excluding NO2 is 1. The third kappa shape index (κ3) is 6.58. The van der Waals surface area contributed by atoms with Crippen molar-refractivity contribution in [3.63, 3.8) is 0 Å². The van der Waals surface area contributed by atoms with Gasteiger partial charge in [0.05, 0.1) is 6.61 Å². The lowest BCUT2D eigenvalue weighted by Crippen LogP contribution is -1.98. The molecule has 2 aromatic rings. The summed E-state index contributed by atoms with van der Waals surface area (Å²) < 4.78 is 5.93. The molecular weight excluding hydrogens is 326 g/mol. The molecule has 4 nitrogen and oxygen atoms in total. The highest BCUT2D eigenvalue weighted by molar-refractivity contribution is 5.96. The minimum atomic E-state index is 0.458. The van der Waals surface area contributed by atoms with Gasteiger partial charge in [0.25, 0.3) is 0 Å². The van der Waals surface area contributed by atoms with Gasteiger partial charge >= 0.3 is 0 Å². The summed E-state index contributed by atoms with van der Waals surface area (Å²) in [7, 11) is 0. The Balaban J connectivity index is 1.60. The maximum absolute atomic E-state index is 10.9. The molecule has 26 heavy (non-hydrogen) atoms. The molecule has 0 aliphatic carbocycles. The maximum Gasteiger partial charge on any atom is 0.127 e. The van der Waals surface area contributed by atoms with Crippen molar-refractivity contribution in [2.75, 3.05) is 6.61 Å². The number of hydrogen-bond acceptors (Lipinski definition) is 4. The first-order valence-corrected chi connectivity index (χ1v) is 9.78. The van der Waals surface area contributed by atoms with Crippen molar-refractivity contribution in [3.8, 4) is 5.75 Å². The topological polar surface area (TPSA) is 55.7 Å². The first-order chi connectivity index (χ1) is 12.9. The number of nitrogens with zero attached hydrogens (tertiary/aromatic N) is 1. The molecule has 0 saturated carbocycles. The molecule has 0 aliphatic rings. The Morgan fingerprint density at radius 2 is 1.38 bits per heavy atom. The Kier molecular flexibility index (Phi) is 9.41. The first-order valence-electron chi connectivity index (χ1n) is 9.78. The van der Waals surface area contributed by atoms with Crippen LogP contribution in [-0.2, 0) is 4.79 Å². The summed E-state index contributed by atoms with van der Waals surface area (Å²) in [6.45, 7) is 0.698. The van der Waals surface area contributed by atoms with Crippen molar-refractivity contribution in [2.24, 2.45) is 5.18 Å². The Morgan fingerprint density at radius 3 is 2.04 bits per heavy atom. The van der Waals surface area contributed by atoms with E-state index >= 15 is 0 Å². The van der Waals surface area contributed by atoms with Crippen LogP contribution in [0.25, 0.3) is 10.8 Å². The number of benzene rings is 2. The fourth-order valence-electron chi connectivity index (χ4n) is 3.21. The van der Waals surface area contributed by atoms with E-state index in [1.54, 1.807) is 6.07 Å². The number of carbonyl (C=O) groups excluding carboxylic acids is 1. The maximum atomic E-state index is 10.9. The van der Waals surface area contributed by atoms with E-state index in [1.165, 1.54) is 44.9 Å². The monoisotopic (exact) mass is 355 g/mol. The number of ether oxygens (including phenoxy) is 1. The van der Waals surface area contributed by atoms with Gasteiger partial charge in [0.2, 0.25) is 0 Å². The molecule has 0 bridgehead atoms. The number of fused-ring (bicyclic) bond motifs is 1.